The molecular formula is C16H18O2. The van der Waals surface area contributed by atoms with Gasteiger partial charge in [0, 0.05) is 0 Å². The quantitative estimate of drug-likeness (QED) is 0.595. The summed E-state index contributed by atoms with van der Waals surface area (Å²) in [4.78, 5) is 0. The molecule has 0 aromatic heterocycles. The molecule has 0 unspecified atom stereocenters. The molecule has 1 heterocycles. The maximum Gasteiger partial charge on any atom is 0.155 e. The summed E-state index contributed by atoms with van der Waals surface area (Å²) in [6.45, 7) is 1.91. The summed E-state index contributed by atoms with van der Waals surface area (Å²) in [5.74, 6) is 11.0. The molecule has 0 amide bonds. The molecule has 1 fully saturated rings. The minimum Gasteiger partial charge on any atom is -0.368 e. The molecule has 0 aromatic carbocycles. The fourth-order valence-corrected chi connectivity index (χ4v) is 1.50. The molecule has 0 aliphatic carbocycles. The van der Waals surface area contributed by atoms with Gasteiger partial charge in [-0.3, -0.25) is 0 Å². The lowest BCUT2D eigenvalue weighted by molar-refractivity contribution is -0.147. The van der Waals surface area contributed by atoms with Crippen LogP contribution in [0, 0.1) is 23.7 Å². The van der Waals surface area contributed by atoms with Gasteiger partial charge in [-0.2, -0.15) is 0 Å². The van der Waals surface area contributed by atoms with Crippen LogP contribution in [0.4, 0.5) is 0 Å². The number of aliphatic hydroxyl groups excluding tert-OH is 1. The lowest BCUT2D eigenvalue weighted by atomic mass is 10.1. The molecule has 2 heteroatoms. The zero-order valence-corrected chi connectivity index (χ0v) is 10.6. The molecule has 18 heavy (non-hydrogen) atoms. The molecule has 0 radical (unpaired) electrons. The Bertz CT molecular complexity index is 435. The molecular weight excluding hydrogens is 224 g/mol. The number of allylic oxidation sites excluding steroid dienone is 5. The Labute approximate surface area is 109 Å². The molecule has 2 atom stereocenters. The van der Waals surface area contributed by atoms with Crippen molar-refractivity contribution in [2.75, 3.05) is 0 Å². The van der Waals surface area contributed by atoms with E-state index < -0.39 is 6.29 Å². The first-order valence-electron chi connectivity index (χ1n) is 6.12. The molecule has 0 saturated carbocycles. The van der Waals surface area contributed by atoms with Crippen LogP contribution in [0.25, 0.3) is 0 Å². The van der Waals surface area contributed by atoms with E-state index in [1.165, 1.54) is 0 Å². The molecule has 1 aliphatic rings. The lowest BCUT2D eigenvalue weighted by Crippen LogP contribution is -2.25. The Balaban J connectivity index is 2.29. The summed E-state index contributed by atoms with van der Waals surface area (Å²) in [5, 5.41) is 9.31. The smallest absolute Gasteiger partial charge is 0.155 e. The average molecular weight is 242 g/mol. The second kappa shape index (κ2) is 9.31. The van der Waals surface area contributed by atoms with E-state index in [9.17, 15) is 5.11 Å². The van der Waals surface area contributed by atoms with Gasteiger partial charge in [0.25, 0.3) is 0 Å². The Kier molecular flexibility index (Phi) is 7.40. The van der Waals surface area contributed by atoms with E-state index >= 15 is 0 Å². The highest BCUT2D eigenvalue weighted by atomic mass is 16.6. The van der Waals surface area contributed by atoms with Gasteiger partial charge in [0.05, 0.1) is 6.10 Å². The van der Waals surface area contributed by atoms with Gasteiger partial charge in [-0.15, -0.1) is 0 Å². The van der Waals surface area contributed by atoms with Gasteiger partial charge in [-0.05, 0) is 50.2 Å². The van der Waals surface area contributed by atoms with Crippen LogP contribution in [0.2, 0.25) is 0 Å². The van der Waals surface area contributed by atoms with E-state index in [4.69, 9.17) is 4.74 Å². The van der Waals surface area contributed by atoms with Gasteiger partial charge in [0.1, 0.15) is 0 Å². The zero-order valence-electron chi connectivity index (χ0n) is 10.6. The number of rotatable bonds is 2. The minimum atomic E-state index is -0.612. The highest BCUT2D eigenvalue weighted by Crippen LogP contribution is 2.17. The molecule has 2 nitrogen and oxygen atoms in total. The third kappa shape index (κ3) is 6.76. The third-order valence-electron chi connectivity index (χ3n) is 2.34. The van der Waals surface area contributed by atoms with E-state index in [-0.39, 0.29) is 6.10 Å². The number of hydrogen-bond donors (Lipinski definition) is 1. The lowest BCUT2D eigenvalue weighted by Gasteiger charge is -2.24. The SMILES string of the molecule is C/C=C/C#CC#C/C=C/C=C/[C@H]1CCC[C@H](O)O1. The van der Waals surface area contributed by atoms with Crippen LogP contribution in [0.15, 0.2) is 36.5 Å². The van der Waals surface area contributed by atoms with Crippen LogP contribution < -0.4 is 0 Å². The molecule has 0 bridgehead atoms. The topological polar surface area (TPSA) is 29.5 Å². The van der Waals surface area contributed by atoms with Crippen molar-refractivity contribution >= 4 is 0 Å². The van der Waals surface area contributed by atoms with Crippen LogP contribution >= 0.6 is 0 Å². The van der Waals surface area contributed by atoms with Crippen molar-refractivity contribution in [3.63, 3.8) is 0 Å². The van der Waals surface area contributed by atoms with Gasteiger partial charge in [0.2, 0.25) is 0 Å². The zero-order chi connectivity index (χ0) is 13.1. The van der Waals surface area contributed by atoms with Gasteiger partial charge in [0.15, 0.2) is 6.29 Å². The van der Waals surface area contributed by atoms with Crippen molar-refractivity contribution in [1.82, 2.24) is 0 Å². The van der Waals surface area contributed by atoms with E-state index in [0.29, 0.717) is 0 Å². The second-order valence-corrected chi connectivity index (χ2v) is 3.84. The summed E-state index contributed by atoms with van der Waals surface area (Å²) in [5.41, 5.74) is 0. The predicted octanol–water partition coefficient (Wildman–Crippen LogP) is 2.57. The monoisotopic (exact) mass is 242 g/mol. The van der Waals surface area contributed by atoms with Crippen LogP contribution in [0.1, 0.15) is 26.2 Å². The Morgan fingerprint density at radius 1 is 1.11 bits per heavy atom. The first kappa shape index (κ1) is 14.3. The molecule has 94 valence electrons. The van der Waals surface area contributed by atoms with Crippen molar-refractivity contribution in [3.8, 4) is 23.7 Å². The summed E-state index contributed by atoms with van der Waals surface area (Å²) in [6.07, 6.45) is 13.1. The maximum absolute atomic E-state index is 9.31. The van der Waals surface area contributed by atoms with Gasteiger partial charge < -0.3 is 9.84 Å². The summed E-state index contributed by atoms with van der Waals surface area (Å²) >= 11 is 0. The van der Waals surface area contributed by atoms with Gasteiger partial charge in [-0.1, -0.05) is 36.1 Å². The molecule has 0 spiro atoms. The van der Waals surface area contributed by atoms with Crippen LogP contribution in [-0.4, -0.2) is 17.5 Å². The van der Waals surface area contributed by atoms with Crippen LogP contribution in [0.3, 0.4) is 0 Å². The predicted molar refractivity (Wildman–Crippen MR) is 73.4 cm³/mol. The summed E-state index contributed by atoms with van der Waals surface area (Å²) < 4.78 is 5.33. The van der Waals surface area contributed by atoms with Crippen LogP contribution in [-0.2, 0) is 4.74 Å². The standard InChI is InChI=1S/C16H18O2/c1-2-3-4-5-6-7-8-9-10-12-15-13-11-14-16(17)18-15/h2-3,8-10,12,15-17H,11,13-14H2,1H3/b3-2+,9-8+,12-10+/t15-,16+/m0/s1. The van der Waals surface area contributed by atoms with E-state index in [1.54, 1.807) is 12.2 Å². The third-order valence-corrected chi connectivity index (χ3v) is 2.34. The average Bonchev–Trinajstić information content (AvgIpc) is 2.37. The van der Waals surface area contributed by atoms with E-state index in [2.05, 4.69) is 23.7 Å². The molecule has 0 aromatic rings. The normalized spacial score (nSPS) is 23.9. The molecule has 1 aliphatic heterocycles. The fraction of sp³-hybridized carbons (Fsp3) is 0.375. The second-order valence-electron chi connectivity index (χ2n) is 3.84. The Morgan fingerprint density at radius 3 is 2.61 bits per heavy atom. The minimum absolute atomic E-state index is 0.0147. The maximum atomic E-state index is 9.31. The molecule has 1 saturated heterocycles. The van der Waals surface area contributed by atoms with Crippen LogP contribution in [0.5, 0.6) is 0 Å². The van der Waals surface area contributed by atoms with Gasteiger partial charge in [-0.25, -0.2) is 0 Å². The number of hydrogen-bond acceptors (Lipinski definition) is 2. The highest BCUT2D eigenvalue weighted by molar-refractivity contribution is 5.34. The van der Waals surface area contributed by atoms with Crippen molar-refractivity contribution in [3.05, 3.63) is 36.5 Å². The molecule has 1 rings (SSSR count). The van der Waals surface area contributed by atoms with E-state index in [0.717, 1.165) is 19.3 Å². The van der Waals surface area contributed by atoms with Crippen molar-refractivity contribution in [2.45, 2.75) is 38.6 Å². The Hall–Kier alpha value is -1.74. The Morgan fingerprint density at radius 2 is 1.89 bits per heavy atom. The summed E-state index contributed by atoms with van der Waals surface area (Å²) in [6, 6.07) is 0. The first-order valence-corrected chi connectivity index (χ1v) is 6.12. The summed E-state index contributed by atoms with van der Waals surface area (Å²) in [7, 11) is 0. The first-order chi connectivity index (χ1) is 8.83. The van der Waals surface area contributed by atoms with Crippen molar-refractivity contribution in [2.24, 2.45) is 0 Å². The largest absolute Gasteiger partial charge is 0.368 e. The molecule has 1 N–H and O–H groups in total. The van der Waals surface area contributed by atoms with E-state index in [1.807, 2.05) is 31.2 Å². The fourth-order valence-electron chi connectivity index (χ4n) is 1.50. The van der Waals surface area contributed by atoms with Crippen molar-refractivity contribution in [1.29, 1.82) is 0 Å². The highest BCUT2D eigenvalue weighted by Gasteiger charge is 2.17. The number of aliphatic hydroxyl groups is 1. The van der Waals surface area contributed by atoms with Gasteiger partial charge >= 0.3 is 0 Å². The van der Waals surface area contributed by atoms with Crippen molar-refractivity contribution < 1.29 is 9.84 Å². The number of ether oxygens (including phenoxy) is 1.